The minimum absolute atomic E-state index is 0.654. The Balaban J connectivity index is 1.86. The molecule has 2 aliphatic rings. The Bertz CT molecular complexity index is 386. The van der Waals surface area contributed by atoms with Crippen molar-refractivity contribution >= 4 is 23.3 Å². The van der Waals surface area contributed by atoms with Crippen LogP contribution in [0.2, 0.25) is 0 Å². The quantitative estimate of drug-likeness (QED) is 0.894. The van der Waals surface area contributed by atoms with Gasteiger partial charge in [0.1, 0.15) is 0 Å². The maximum Gasteiger partial charge on any atom is 0.152 e. The number of nitrogens with two attached hydrogens (primary N) is 1. The van der Waals surface area contributed by atoms with E-state index in [-0.39, 0.29) is 0 Å². The lowest BCUT2D eigenvalue weighted by atomic mass is 10.1. The van der Waals surface area contributed by atoms with E-state index >= 15 is 0 Å². The third-order valence-corrected chi connectivity index (χ3v) is 4.63. The fourth-order valence-corrected chi connectivity index (χ4v) is 3.67. The molecule has 0 unspecified atom stereocenters. The molecule has 0 radical (unpaired) electrons. The summed E-state index contributed by atoms with van der Waals surface area (Å²) in [5.74, 6) is 3.58. The van der Waals surface area contributed by atoms with E-state index in [9.17, 15) is 0 Å². The third-order valence-electron chi connectivity index (χ3n) is 3.59. The number of thioether (sulfide) groups is 1. The van der Waals surface area contributed by atoms with Crippen molar-refractivity contribution in [3.05, 3.63) is 18.3 Å². The molecule has 3 rings (SSSR count). The van der Waals surface area contributed by atoms with E-state index in [4.69, 9.17) is 5.73 Å². The van der Waals surface area contributed by atoms with Crippen LogP contribution < -0.4 is 10.6 Å². The molecule has 4 heteroatoms. The molecule has 0 amide bonds. The Morgan fingerprint density at radius 3 is 2.53 bits per heavy atom. The average molecular weight is 249 g/mol. The first-order valence-corrected chi connectivity index (χ1v) is 7.58. The summed E-state index contributed by atoms with van der Waals surface area (Å²) in [7, 11) is 0. The van der Waals surface area contributed by atoms with Crippen LogP contribution in [-0.4, -0.2) is 28.6 Å². The number of aromatic nitrogens is 1. The number of hydrogen-bond donors (Lipinski definition) is 1. The summed E-state index contributed by atoms with van der Waals surface area (Å²) < 4.78 is 0. The van der Waals surface area contributed by atoms with E-state index in [1.165, 1.54) is 37.2 Å². The summed E-state index contributed by atoms with van der Waals surface area (Å²) in [6, 6.07) is 5.23. The second kappa shape index (κ2) is 4.77. The van der Waals surface area contributed by atoms with Gasteiger partial charge in [-0.2, -0.15) is 11.8 Å². The Morgan fingerprint density at radius 1 is 1.18 bits per heavy atom. The van der Waals surface area contributed by atoms with Crippen LogP contribution in [0.15, 0.2) is 18.3 Å². The van der Waals surface area contributed by atoms with Crippen LogP contribution in [0.5, 0.6) is 0 Å². The molecule has 17 heavy (non-hydrogen) atoms. The van der Waals surface area contributed by atoms with Gasteiger partial charge in [0.15, 0.2) is 5.82 Å². The predicted molar refractivity (Wildman–Crippen MR) is 74.5 cm³/mol. The van der Waals surface area contributed by atoms with Gasteiger partial charge < -0.3 is 10.6 Å². The highest BCUT2D eigenvalue weighted by molar-refractivity contribution is 7.99. The molecule has 1 aliphatic heterocycles. The lowest BCUT2D eigenvalue weighted by Crippen LogP contribution is -2.40. The molecule has 0 spiro atoms. The van der Waals surface area contributed by atoms with Gasteiger partial charge in [0, 0.05) is 18.3 Å². The molecule has 3 nitrogen and oxygen atoms in total. The molecular weight excluding hydrogens is 230 g/mol. The number of nitrogen functional groups attached to an aromatic ring is 1. The first-order valence-electron chi connectivity index (χ1n) is 6.43. The molecule has 1 saturated heterocycles. The van der Waals surface area contributed by atoms with E-state index in [1.807, 2.05) is 18.3 Å². The van der Waals surface area contributed by atoms with Crippen molar-refractivity contribution in [3.63, 3.8) is 0 Å². The Morgan fingerprint density at radius 2 is 1.88 bits per heavy atom. The van der Waals surface area contributed by atoms with Crippen molar-refractivity contribution in [1.29, 1.82) is 0 Å². The molecule has 0 aromatic carbocycles. The van der Waals surface area contributed by atoms with Gasteiger partial charge in [0.2, 0.25) is 0 Å². The first kappa shape index (κ1) is 11.2. The molecule has 1 saturated carbocycles. The maximum atomic E-state index is 6.08. The third kappa shape index (κ3) is 2.37. The molecule has 1 aliphatic carbocycles. The van der Waals surface area contributed by atoms with Crippen LogP contribution in [0.3, 0.4) is 0 Å². The largest absolute Gasteiger partial charge is 0.396 e. The van der Waals surface area contributed by atoms with Crippen molar-refractivity contribution in [2.24, 2.45) is 0 Å². The zero-order chi connectivity index (χ0) is 11.7. The Hall–Kier alpha value is -0.900. The Kier molecular flexibility index (Phi) is 3.14. The van der Waals surface area contributed by atoms with Gasteiger partial charge in [-0.15, -0.1) is 0 Å². The van der Waals surface area contributed by atoms with E-state index in [2.05, 4.69) is 21.6 Å². The van der Waals surface area contributed by atoms with Crippen molar-refractivity contribution in [2.45, 2.75) is 37.8 Å². The summed E-state index contributed by atoms with van der Waals surface area (Å²) in [4.78, 5) is 7.02. The van der Waals surface area contributed by atoms with Gasteiger partial charge in [-0.25, -0.2) is 4.98 Å². The van der Waals surface area contributed by atoms with Crippen LogP contribution in [-0.2, 0) is 0 Å². The molecule has 1 aromatic rings. The van der Waals surface area contributed by atoms with Crippen molar-refractivity contribution < 1.29 is 0 Å². The molecule has 92 valence electrons. The fraction of sp³-hybridized carbons (Fsp3) is 0.615. The van der Waals surface area contributed by atoms with Crippen molar-refractivity contribution in [1.82, 2.24) is 4.98 Å². The highest BCUT2D eigenvalue weighted by Crippen LogP contribution is 2.38. The molecule has 2 N–H and O–H groups in total. The summed E-state index contributed by atoms with van der Waals surface area (Å²) in [5, 5.41) is 0. The summed E-state index contributed by atoms with van der Waals surface area (Å²) >= 11 is 2.07. The molecule has 2 heterocycles. The zero-order valence-corrected chi connectivity index (χ0v) is 10.8. The van der Waals surface area contributed by atoms with Gasteiger partial charge in [-0.1, -0.05) is 0 Å². The maximum absolute atomic E-state index is 6.08. The number of pyridine rings is 1. The van der Waals surface area contributed by atoms with Crippen LogP contribution in [0.4, 0.5) is 11.5 Å². The predicted octanol–water partition coefficient (Wildman–Crippen LogP) is 2.53. The summed E-state index contributed by atoms with van der Waals surface area (Å²) in [6.45, 7) is 0. The lowest BCUT2D eigenvalue weighted by Gasteiger charge is -2.35. The average Bonchev–Trinajstić information content (AvgIpc) is 3.18. The van der Waals surface area contributed by atoms with Crippen molar-refractivity contribution in [3.8, 4) is 0 Å². The molecule has 0 atom stereocenters. The van der Waals surface area contributed by atoms with Gasteiger partial charge in [0.05, 0.1) is 5.69 Å². The number of anilines is 2. The van der Waals surface area contributed by atoms with E-state index in [0.717, 1.165) is 11.5 Å². The number of nitrogens with zero attached hydrogens (tertiary/aromatic N) is 2. The number of rotatable bonds is 3. The summed E-state index contributed by atoms with van der Waals surface area (Å²) in [6.07, 6.45) is 7.02. The van der Waals surface area contributed by atoms with Gasteiger partial charge in [0.25, 0.3) is 0 Å². The minimum atomic E-state index is 0.654. The highest BCUT2D eigenvalue weighted by atomic mass is 32.2. The van der Waals surface area contributed by atoms with Crippen LogP contribution in [0.25, 0.3) is 0 Å². The van der Waals surface area contributed by atoms with Crippen LogP contribution in [0.1, 0.15) is 25.7 Å². The topological polar surface area (TPSA) is 42.1 Å². The first-order chi connectivity index (χ1) is 8.36. The monoisotopic (exact) mass is 249 g/mol. The summed E-state index contributed by atoms with van der Waals surface area (Å²) in [5.41, 5.74) is 6.92. The zero-order valence-electron chi connectivity index (χ0n) is 10.0. The standard InChI is InChI=1S/C13H19N3S/c14-12-2-1-7-15-13(12)16(10-3-4-10)11-5-8-17-9-6-11/h1-2,7,10-11H,3-6,8-9,14H2. The molecule has 2 fully saturated rings. The van der Waals surface area contributed by atoms with Crippen molar-refractivity contribution in [2.75, 3.05) is 22.1 Å². The normalized spacial score (nSPS) is 21.4. The van der Waals surface area contributed by atoms with E-state index in [0.29, 0.717) is 12.1 Å². The minimum Gasteiger partial charge on any atom is -0.396 e. The van der Waals surface area contributed by atoms with E-state index in [1.54, 1.807) is 0 Å². The second-order valence-corrected chi connectivity index (χ2v) is 6.12. The van der Waals surface area contributed by atoms with Gasteiger partial charge in [-0.3, -0.25) is 0 Å². The molecule has 0 bridgehead atoms. The molecule has 1 aromatic heterocycles. The van der Waals surface area contributed by atoms with Crippen LogP contribution in [0, 0.1) is 0 Å². The van der Waals surface area contributed by atoms with E-state index < -0.39 is 0 Å². The second-order valence-electron chi connectivity index (χ2n) is 4.90. The lowest BCUT2D eigenvalue weighted by molar-refractivity contribution is 0.546. The fourth-order valence-electron chi connectivity index (χ4n) is 2.59. The smallest absolute Gasteiger partial charge is 0.152 e. The van der Waals surface area contributed by atoms with Crippen LogP contribution >= 0.6 is 11.8 Å². The number of hydrogen-bond acceptors (Lipinski definition) is 4. The Labute approximate surface area is 107 Å². The highest BCUT2D eigenvalue weighted by Gasteiger charge is 2.36. The molecular formula is C13H19N3S. The SMILES string of the molecule is Nc1cccnc1N(C1CCSCC1)C1CC1. The van der Waals surface area contributed by atoms with Gasteiger partial charge in [-0.05, 0) is 49.3 Å². The van der Waals surface area contributed by atoms with Gasteiger partial charge >= 0.3 is 0 Å².